The first kappa shape index (κ1) is 12.3. The van der Waals surface area contributed by atoms with Crippen LogP contribution < -0.4 is 5.73 Å². The van der Waals surface area contributed by atoms with Crippen molar-refractivity contribution in [3.8, 4) is 0 Å². The van der Waals surface area contributed by atoms with E-state index >= 15 is 0 Å². The van der Waals surface area contributed by atoms with Crippen molar-refractivity contribution in [3.05, 3.63) is 58.1 Å². The van der Waals surface area contributed by atoms with Crippen molar-refractivity contribution < 1.29 is 0 Å². The average Bonchev–Trinajstić information content (AvgIpc) is 2.35. The van der Waals surface area contributed by atoms with Crippen LogP contribution >= 0.6 is 23.2 Å². The summed E-state index contributed by atoms with van der Waals surface area (Å²) >= 11 is 12.2. The molecule has 17 heavy (non-hydrogen) atoms. The van der Waals surface area contributed by atoms with Crippen molar-refractivity contribution in [1.29, 1.82) is 0 Å². The molecule has 0 fully saturated rings. The predicted molar refractivity (Wildman–Crippen MR) is 69.1 cm³/mol. The number of halogens is 2. The SMILES string of the molecule is NC(Cc1c(Cl)cccc1Cl)c1cnccn1. The number of hydrogen-bond acceptors (Lipinski definition) is 3. The second-order valence-electron chi connectivity index (χ2n) is 3.64. The molecule has 0 amide bonds. The fraction of sp³-hybridized carbons (Fsp3) is 0.167. The second-order valence-corrected chi connectivity index (χ2v) is 4.46. The number of nitrogens with zero attached hydrogens (tertiary/aromatic N) is 2. The molecule has 1 atom stereocenters. The van der Waals surface area contributed by atoms with E-state index in [0.29, 0.717) is 16.5 Å². The van der Waals surface area contributed by atoms with Gasteiger partial charge < -0.3 is 5.73 Å². The molecule has 2 N–H and O–H groups in total. The van der Waals surface area contributed by atoms with E-state index in [0.717, 1.165) is 11.3 Å². The number of rotatable bonds is 3. The minimum atomic E-state index is -0.263. The zero-order valence-corrected chi connectivity index (χ0v) is 10.5. The van der Waals surface area contributed by atoms with Crippen LogP contribution in [-0.4, -0.2) is 9.97 Å². The molecular weight excluding hydrogens is 257 g/mol. The third kappa shape index (κ3) is 2.94. The highest BCUT2D eigenvalue weighted by Gasteiger charge is 2.13. The maximum absolute atomic E-state index is 6.09. The first-order valence-corrected chi connectivity index (χ1v) is 5.88. The molecule has 0 saturated heterocycles. The smallest absolute Gasteiger partial charge is 0.0757 e. The van der Waals surface area contributed by atoms with Crippen LogP contribution in [0.3, 0.4) is 0 Å². The van der Waals surface area contributed by atoms with Crippen LogP contribution in [0.5, 0.6) is 0 Å². The zero-order chi connectivity index (χ0) is 12.3. The van der Waals surface area contributed by atoms with Crippen molar-refractivity contribution in [2.24, 2.45) is 5.73 Å². The van der Waals surface area contributed by atoms with Gasteiger partial charge in [-0.25, -0.2) is 0 Å². The van der Waals surface area contributed by atoms with Crippen molar-refractivity contribution >= 4 is 23.2 Å². The number of nitrogens with two attached hydrogens (primary N) is 1. The van der Waals surface area contributed by atoms with Gasteiger partial charge >= 0.3 is 0 Å². The van der Waals surface area contributed by atoms with E-state index in [2.05, 4.69) is 9.97 Å². The van der Waals surface area contributed by atoms with Gasteiger partial charge in [-0.3, -0.25) is 9.97 Å². The Hall–Kier alpha value is -1.16. The molecule has 0 aliphatic heterocycles. The summed E-state index contributed by atoms with van der Waals surface area (Å²) in [5, 5.41) is 1.24. The maximum Gasteiger partial charge on any atom is 0.0757 e. The van der Waals surface area contributed by atoms with Crippen LogP contribution in [-0.2, 0) is 6.42 Å². The van der Waals surface area contributed by atoms with E-state index in [-0.39, 0.29) is 6.04 Å². The Bertz CT molecular complexity index is 482. The highest BCUT2D eigenvalue weighted by Crippen LogP contribution is 2.27. The molecular formula is C12H11Cl2N3. The van der Waals surface area contributed by atoms with Gasteiger partial charge in [0.15, 0.2) is 0 Å². The van der Waals surface area contributed by atoms with Crippen LogP contribution in [0.2, 0.25) is 10.0 Å². The van der Waals surface area contributed by atoms with Gasteiger partial charge in [-0.05, 0) is 24.1 Å². The van der Waals surface area contributed by atoms with E-state index in [4.69, 9.17) is 28.9 Å². The molecule has 3 nitrogen and oxygen atoms in total. The summed E-state index contributed by atoms with van der Waals surface area (Å²) in [6, 6.07) is 5.14. The fourth-order valence-corrected chi connectivity index (χ4v) is 2.11. The number of hydrogen-bond donors (Lipinski definition) is 1. The third-order valence-corrected chi connectivity index (χ3v) is 3.16. The lowest BCUT2D eigenvalue weighted by molar-refractivity contribution is 0.691. The molecule has 2 aromatic rings. The Balaban J connectivity index is 2.22. The number of aromatic nitrogens is 2. The second kappa shape index (κ2) is 5.45. The van der Waals surface area contributed by atoms with E-state index in [9.17, 15) is 0 Å². The molecule has 0 radical (unpaired) electrons. The Kier molecular flexibility index (Phi) is 3.94. The van der Waals surface area contributed by atoms with Gasteiger partial charge in [-0.1, -0.05) is 29.3 Å². The molecule has 0 aliphatic carbocycles. The molecule has 0 spiro atoms. The average molecular weight is 268 g/mol. The minimum Gasteiger partial charge on any atom is -0.322 e. The Labute approximate surface area is 110 Å². The van der Waals surface area contributed by atoms with Crippen LogP contribution in [0, 0.1) is 0 Å². The van der Waals surface area contributed by atoms with Crippen molar-refractivity contribution in [3.63, 3.8) is 0 Å². The van der Waals surface area contributed by atoms with Crippen molar-refractivity contribution in [2.45, 2.75) is 12.5 Å². The summed E-state index contributed by atoms with van der Waals surface area (Å²) in [6.07, 6.45) is 5.41. The Morgan fingerprint density at radius 2 is 1.88 bits per heavy atom. The van der Waals surface area contributed by atoms with Gasteiger partial charge in [0.05, 0.1) is 11.7 Å². The first-order valence-electron chi connectivity index (χ1n) is 5.13. The first-order chi connectivity index (χ1) is 8.18. The van der Waals surface area contributed by atoms with Crippen LogP contribution in [0.4, 0.5) is 0 Å². The van der Waals surface area contributed by atoms with Crippen molar-refractivity contribution in [1.82, 2.24) is 9.97 Å². The lowest BCUT2D eigenvalue weighted by Crippen LogP contribution is -2.15. The van der Waals surface area contributed by atoms with Crippen LogP contribution in [0.25, 0.3) is 0 Å². The third-order valence-electron chi connectivity index (χ3n) is 2.45. The standard InChI is InChI=1S/C12H11Cl2N3/c13-9-2-1-3-10(14)8(9)6-11(15)12-7-16-4-5-17-12/h1-5,7,11H,6,15H2. The fourth-order valence-electron chi connectivity index (χ4n) is 1.55. The molecule has 0 aliphatic rings. The maximum atomic E-state index is 6.09. The summed E-state index contributed by atoms with van der Waals surface area (Å²) in [5.41, 5.74) is 7.61. The molecule has 1 heterocycles. The monoisotopic (exact) mass is 267 g/mol. The zero-order valence-electron chi connectivity index (χ0n) is 8.98. The quantitative estimate of drug-likeness (QED) is 0.930. The molecule has 1 unspecified atom stereocenters. The Morgan fingerprint density at radius 3 is 2.47 bits per heavy atom. The normalized spacial score (nSPS) is 12.4. The van der Waals surface area contributed by atoms with Gasteiger partial charge in [0.25, 0.3) is 0 Å². The van der Waals surface area contributed by atoms with Gasteiger partial charge in [0.1, 0.15) is 0 Å². The summed E-state index contributed by atoms with van der Waals surface area (Å²) in [7, 11) is 0. The van der Waals surface area contributed by atoms with Crippen molar-refractivity contribution in [2.75, 3.05) is 0 Å². The van der Waals surface area contributed by atoms with E-state index in [1.807, 2.05) is 6.07 Å². The lowest BCUT2D eigenvalue weighted by atomic mass is 10.0. The van der Waals surface area contributed by atoms with Gasteiger partial charge in [-0.15, -0.1) is 0 Å². The predicted octanol–water partition coefficient (Wildman–Crippen LogP) is 3.03. The number of benzene rings is 1. The largest absolute Gasteiger partial charge is 0.322 e. The van der Waals surface area contributed by atoms with E-state index in [1.54, 1.807) is 30.7 Å². The summed E-state index contributed by atoms with van der Waals surface area (Å²) < 4.78 is 0. The van der Waals surface area contributed by atoms with Gasteiger partial charge in [0, 0.05) is 28.6 Å². The molecule has 1 aromatic carbocycles. The summed E-state index contributed by atoms with van der Waals surface area (Å²) in [4.78, 5) is 8.14. The highest BCUT2D eigenvalue weighted by atomic mass is 35.5. The van der Waals surface area contributed by atoms with Crippen LogP contribution in [0.1, 0.15) is 17.3 Å². The van der Waals surface area contributed by atoms with Gasteiger partial charge in [0.2, 0.25) is 0 Å². The van der Waals surface area contributed by atoms with E-state index < -0.39 is 0 Å². The topological polar surface area (TPSA) is 51.8 Å². The molecule has 2 rings (SSSR count). The highest BCUT2D eigenvalue weighted by molar-refractivity contribution is 6.35. The van der Waals surface area contributed by atoms with E-state index in [1.165, 1.54) is 0 Å². The summed E-state index contributed by atoms with van der Waals surface area (Å²) in [5.74, 6) is 0. The molecule has 1 aromatic heterocycles. The Morgan fingerprint density at radius 1 is 1.18 bits per heavy atom. The molecule has 0 saturated carbocycles. The minimum absolute atomic E-state index is 0.263. The van der Waals surface area contributed by atoms with Gasteiger partial charge in [-0.2, -0.15) is 0 Å². The lowest BCUT2D eigenvalue weighted by Gasteiger charge is -2.12. The summed E-state index contributed by atoms with van der Waals surface area (Å²) in [6.45, 7) is 0. The molecule has 5 heteroatoms. The van der Waals surface area contributed by atoms with Crippen LogP contribution in [0.15, 0.2) is 36.8 Å². The molecule has 88 valence electrons. The molecule has 0 bridgehead atoms.